The van der Waals surface area contributed by atoms with E-state index < -0.39 is 6.10 Å². The molecule has 0 saturated heterocycles. The van der Waals surface area contributed by atoms with Crippen LogP contribution in [0.2, 0.25) is 5.02 Å². The largest absolute Gasteiger partial charge is 0.384 e. The first-order valence-electron chi connectivity index (χ1n) is 5.28. The quantitative estimate of drug-likeness (QED) is 0.792. The summed E-state index contributed by atoms with van der Waals surface area (Å²) in [5.74, 6) is 0. The molecule has 2 aromatic carbocycles. The van der Waals surface area contributed by atoms with E-state index in [0.29, 0.717) is 5.02 Å². The van der Waals surface area contributed by atoms with Crippen molar-refractivity contribution in [3.63, 3.8) is 0 Å². The lowest BCUT2D eigenvalue weighted by Crippen LogP contribution is -2.03. The molecule has 0 radical (unpaired) electrons. The highest BCUT2D eigenvalue weighted by Gasteiger charge is 2.14. The zero-order chi connectivity index (χ0) is 12.4. The molecule has 0 aliphatic heterocycles. The Morgan fingerprint density at radius 2 is 1.88 bits per heavy atom. The minimum Gasteiger partial charge on any atom is -0.384 e. The summed E-state index contributed by atoms with van der Waals surface area (Å²) in [6, 6.07) is 13.3. The molecule has 0 aliphatic carbocycles. The van der Waals surface area contributed by atoms with Gasteiger partial charge in [-0.1, -0.05) is 41.9 Å². The van der Waals surface area contributed by atoms with E-state index in [0.717, 1.165) is 14.7 Å². The maximum atomic E-state index is 10.4. The fraction of sp³-hybridized carbons (Fsp3) is 0.143. The maximum Gasteiger partial charge on any atom is 0.105 e. The molecule has 88 valence electrons. The van der Waals surface area contributed by atoms with Crippen LogP contribution in [0.25, 0.3) is 0 Å². The van der Waals surface area contributed by atoms with Gasteiger partial charge < -0.3 is 5.11 Å². The molecular formula is C14H12ClIO. The zero-order valence-corrected chi connectivity index (χ0v) is 12.2. The Hall–Kier alpha value is -0.580. The van der Waals surface area contributed by atoms with Crippen molar-refractivity contribution < 1.29 is 5.11 Å². The molecule has 0 amide bonds. The molecule has 2 rings (SSSR count). The molecule has 0 aliphatic rings. The van der Waals surface area contributed by atoms with Gasteiger partial charge in [0.05, 0.1) is 0 Å². The van der Waals surface area contributed by atoms with Gasteiger partial charge in [-0.25, -0.2) is 0 Å². The molecule has 0 saturated carbocycles. The van der Waals surface area contributed by atoms with Crippen molar-refractivity contribution in [3.05, 3.63) is 67.7 Å². The van der Waals surface area contributed by atoms with Gasteiger partial charge >= 0.3 is 0 Å². The summed E-state index contributed by atoms with van der Waals surface area (Å²) in [6.45, 7) is 2.04. The Kier molecular flexibility index (Phi) is 4.07. The number of halogens is 2. The fourth-order valence-electron chi connectivity index (χ4n) is 1.74. The van der Waals surface area contributed by atoms with E-state index in [1.165, 1.54) is 5.56 Å². The first kappa shape index (κ1) is 12.9. The van der Waals surface area contributed by atoms with Crippen LogP contribution in [0.4, 0.5) is 0 Å². The second-order valence-electron chi connectivity index (χ2n) is 3.94. The Bertz CT molecular complexity index is 539. The highest BCUT2D eigenvalue weighted by atomic mass is 127. The van der Waals surface area contributed by atoms with Crippen molar-refractivity contribution >= 4 is 34.2 Å². The average molecular weight is 359 g/mol. The average Bonchev–Trinajstić information content (AvgIpc) is 2.32. The summed E-state index contributed by atoms with van der Waals surface area (Å²) < 4.78 is 1.09. The number of hydrogen-bond donors (Lipinski definition) is 1. The molecular weight excluding hydrogens is 347 g/mol. The molecule has 17 heavy (non-hydrogen) atoms. The van der Waals surface area contributed by atoms with Crippen LogP contribution < -0.4 is 0 Å². The molecule has 1 unspecified atom stereocenters. The normalized spacial score (nSPS) is 12.5. The predicted octanol–water partition coefficient (Wildman–Crippen LogP) is 4.33. The smallest absolute Gasteiger partial charge is 0.105 e. The Morgan fingerprint density at radius 1 is 1.18 bits per heavy atom. The third-order valence-corrected chi connectivity index (χ3v) is 4.39. The van der Waals surface area contributed by atoms with Crippen molar-refractivity contribution in [1.29, 1.82) is 0 Å². The van der Waals surface area contributed by atoms with Crippen LogP contribution >= 0.6 is 34.2 Å². The second kappa shape index (κ2) is 5.38. The molecule has 2 aromatic rings. The van der Waals surface area contributed by atoms with Crippen LogP contribution in [-0.2, 0) is 0 Å². The van der Waals surface area contributed by atoms with E-state index in [4.69, 9.17) is 11.6 Å². The van der Waals surface area contributed by atoms with Crippen LogP contribution in [-0.4, -0.2) is 5.11 Å². The lowest BCUT2D eigenvalue weighted by molar-refractivity contribution is 0.219. The summed E-state index contributed by atoms with van der Waals surface area (Å²) in [4.78, 5) is 0. The minimum atomic E-state index is -0.625. The van der Waals surface area contributed by atoms with E-state index in [1.807, 2.05) is 37.3 Å². The number of aliphatic hydroxyl groups excluding tert-OH is 1. The van der Waals surface area contributed by atoms with Gasteiger partial charge in [-0.15, -0.1) is 0 Å². The minimum absolute atomic E-state index is 0.625. The van der Waals surface area contributed by atoms with E-state index >= 15 is 0 Å². The van der Waals surface area contributed by atoms with Crippen LogP contribution in [0.5, 0.6) is 0 Å². The Balaban J connectivity index is 2.44. The van der Waals surface area contributed by atoms with Gasteiger partial charge in [0, 0.05) is 8.59 Å². The van der Waals surface area contributed by atoms with Gasteiger partial charge in [0.1, 0.15) is 6.10 Å². The lowest BCUT2D eigenvalue weighted by atomic mass is 10.0. The molecule has 0 aromatic heterocycles. The molecule has 3 heteroatoms. The summed E-state index contributed by atoms with van der Waals surface area (Å²) in [6.07, 6.45) is -0.625. The first-order chi connectivity index (χ1) is 8.09. The van der Waals surface area contributed by atoms with E-state index in [1.54, 1.807) is 12.1 Å². The number of aryl methyl sites for hydroxylation is 1. The van der Waals surface area contributed by atoms with Gasteiger partial charge in [-0.3, -0.25) is 0 Å². The summed E-state index contributed by atoms with van der Waals surface area (Å²) >= 11 is 8.20. The monoisotopic (exact) mass is 358 g/mol. The van der Waals surface area contributed by atoms with Gasteiger partial charge in [0.25, 0.3) is 0 Å². The molecule has 1 nitrogen and oxygen atoms in total. The molecule has 1 atom stereocenters. The first-order valence-corrected chi connectivity index (χ1v) is 6.74. The topological polar surface area (TPSA) is 20.2 Å². The van der Waals surface area contributed by atoms with E-state index in [2.05, 4.69) is 22.6 Å². The van der Waals surface area contributed by atoms with Gasteiger partial charge in [0.15, 0.2) is 0 Å². The van der Waals surface area contributed by atoms with Gasteiger partial charge in [0.2, 0.25) is 0 Å². The van der Waals surface area contributed by atoms with Crippen LogP contribution in [0.15, 0.2) is 42.5 Å². The van der Waals surface area contributed by atoms with Crippen molar-refractivity contribution in [3.8, 4) is 0 Å². The highest BCUT2D eigenvalue weighted by Crippen LogP contribution is 2.29. The summed E-state index contributed by atoms with van der Waals surface area (Å²) in [5.41, 5.74) is 2.91. The number of benzene rings is 2. The van der Waals surface area contributed by atoms with Crippen molar-refractivity contribution in [2.75, 3.05) is 0 Å². The van der Waals surface area contributed by atoms with Crippen molar-refractivity contribution in [1.82, 2.24) is 0 Å². The molecule has 0 bridgehead atoms. The Labute approximate surface area is 120 Å². The lowest BCUT2D eigenvalue weighted by Gasteiger charge is -2.14. The molecule has 0 heterocycles. The van der Waals surface area contributed by atoms with E-state index in [-0.39, 0.29) is 0 Å². The van der Waals surface area contributed by atoms with Gasteiger partial charge in [-0.2, -0.15) is 0 Å². The third kappa shape index (κ3) is 2.81. The van der Waals surface area contributed by atoms with Crippen molar-refractivity contribution in [2.24, 2.45) is 0 Å². The summed E-state index contributed by atoms with van der Waals surface area (Å²) in [7, 11) is 0. The van der Waals surface area contributed by atoms with Crippen LogP contribution in [0, 0.1) is 10.5 Å². The standard InChI is InChI=1S/C14H12ClIO/c1-9-4-2-7-12(13(9)16)14(17)10-5-3-6-11(15)8-10/h2-8,14,17H,1H3. The number of aliphatic hydroxyl groups is 1. The zero-order valence-electron chi connectivity index (χ0n) is 9.32. The molecule has 1 N–H and O–H groups in total. The molecule has 0 fully saturated rings. The number of hydrogen-bond acceptors (Lipinski definition) is 1. The summed E-state index contributed by atoms with van der Waals surface area (Å²) in [5, 5.41) is 11.0. The van der Waals surface area contributed by atoms with E-state index in [9.17, 15) is 5.11 Å². The molecule has 0 spiro atoms. The fourth-order valence-corrected chi connectivity index (χ4v) is 2.59. The van der Waals surface area contributed by atoms with Crippen molar-refractivity contribution in [2.45, 2.75) is 13.0 Å². The SMILES string of the molecule is Cc1cccc(C(O)c2cccc(Cl)c2)c1I. The third-order valence-electron chi connectivity index (χ3n) is 2.68. The Morgan fingerprint density at radius 3 is 2.59 bits per heavy atom. The maximum absolute atomic E-state index is 10.4. The predicted molar refractivity (Wildman–Crippen MR) is 79.4 cm³/mol. The second-order valence-corrected chi connectivity index (χ2v) is 5.45. The highest BCUT2D eigenvalue weighted by molar-refractivity contribution is 14.1. The van der Waals surface area contributed by atoms with Crippen LogP contribution in [0.3, 0.4) is 0 Å². The number of rotatable bonds is 2. The van der Waals surface area contributed by atoms with Gasteiger partial charge in [-0.05, 0) is 58.3 Å². The van der Waals surface area contributed by atoms with Crippen LogP contribution in [0.1, 0.15) is 22.8 Å².